The normalized spacial score (nSPS) is 15.9. The van der Waals surface area contributed by atoms with Crippen LogP contribution in [0.4, 0.5) is 17.6 Å². The monoisotopic (exact) mass is 549 g/mol. The van der Waals surface area contributed by atoms with Crippen molar-refractivity contribution in [2.45, 2.75) is 38.8 Å². The van der Waals surface area contributed by atoms with Crippen molar-refractivity contribution in [3.05, 3.63) is 111 Å². The fourth-order valence-corrected chi connectivity index (χ4v) is 5.72. The molecule has 3 aromatic rings. The minimum absolute atomic E-state index is 0.163. The summed E-state index contributed by atoms with van der Waals surface area (Å²) in [5.74, 6) is -1.03. The van der Waals surface area contributed by atoms with E-state index in [9.17, 15) is 27.5 Å². The van der Waals surface area contributed by atoms with Gasteiger partial charge in [0.05, 0.1) is 17.8 Å². The van der Waals surface area contributed by atoms with E-state index in [1.54, 1.807) is 25.1 Å². The van der Waals surface area contributed by atoms with Crippen LogP contribution in [0.3, 0.4) is 0 Å². The van der Waals surface area contributed by atoms with Crippen molar-refractivity contribution in [1.82, 2.24) is 4.90 Å². The van der Waals surface area contributed by atoms with Crippen LogP contribution in [0, 0.1) is 6.92 Å². The van der Waals surface area contributed by atoms with Gasteiger partial charge in [-0.25, -0.2) is 4.79 Å². The van der Waals surface area contributed by atoms with Gasteiger partial charge in [-0.3, -0.25) is 9.29 Å². The van der Waals surface area contributed by atoms with Gasteiger partial charge in [-0.05, 0) is 95.3 Å². The summed E-state index contributed by atoms with van der Waals surface area (Å²) in [4.78, 5) is 13.9. The standard InChI is InChI=1S/C33H31F4NO2/c1-21-6-13-30(33(35,36)37)29(16-21)28-5-2-4-25-18-26(32(39)40)11-12-27(25)31(28)24-9-7-22(8-10-24)17-23-19-38(20-23)15-3-14-34/h6-13,16-18H,2-5,14-15,19-20H2,1H3,(H,39,40). The fraction of sp³-hybridized carbons (Fsp3) is 0.303. The number of rotatable bonds is 7. The molecule has 1 N–H and O–H groups in total. The Labute approximate surface area is 231 Å². The first kappa shape index (κ1) is 27.8. The van der Waals surface area contributed by atoms with Crippen LogP contribution in [0.25, 0.3) is 17.2 Å². The number of carboxylic acids is 1. The topological polar surface area (TPSA) is 40.5 Å². The molecule has 1 saturated heterocycles. The number of alkyl halides is 4. The molecule has 0 amide bonds. The number of carbonyl (C=O) groups is 1. The molecule has 3 aromatic carbocycles. The lowest BCUT2D eigenvalue weighted by molar-refractivity contribution is -0.137. The average Bonchev–Trinajstić information content (AvgIpc) is 3.08. The number of benzene rings is 3. The molecule has 0 bridgehead atoms. The number of fused-ring (bicyclic) bond motifs is 1. The summed E-state index contributed by atoms with van der Waals surface area (Å²) in [5.41, 5.74) is 6.35. The lowest BCUT2D eigenvalue weighted by Crippen LogP contribution is -2.40. The van der Waals surface area contributed by atoms with Gasteiger partial charge in [0.2, 0.25) is 0 Å². The summed E-state index contributed by atoms with van der Waals surface area (Å²) in [6, 6.07) is 17.0. The summed E-state index contributed by atoms with van der Waals surface area (Å²) in [6.07, 6.45) is -0.276. The highest BCUT2D eigenvalue weighted by Gasteiger charge is 2.35. The molecule has 1 heterocycles. The maximum absolute atomic E-state index is 14.2. The third-order valence-electron chi connectivity index (χ3n) is 7.63. The van der Waals surface area contributed by atoms with Crippen molar-refractivity contribution in [1.29, 1.82) is 0 Å². The van der Waals surface area contributed by atoms with Gasteiger partial charge >= 0.3 is 12.1 Å². The smallest absolute Gasteiger partial charge is 0.416 e. The first-order chi connectivity index (χ1) is 19.1. The molecular weight excluding hydrogens is 518 g/mol. The van der Waals surface area contributed by atoms with Gasteiger partial charge < -0.3 is 5.11 Å². The van der Waals surface area contributed by atoms with E-state index in [0.717, 1.165) is 53.5 Å². The Bertz CT molecular complexity index is 1480. The molecule has 3 nitrogen and oxygen atoms in total. The van der Waals surface area contributed by atoms with E-state index in [2.05, 4.69) is 11.0 Å². The molecule has 0 aromatic heterocycles. The van der Waals surface area contributed by atoms with Crippen molar-refractivity contribution in [3.8, 4) is 0 Å². The second kappa shape index (κ2) is 11.4. The van der Waals surface area contributed by atoms with Crippen molar-refractivity contribution in [3.63, 3.8) is 0 Å². The number of likely N-dealkylation sites (tertiary alicyclic amines) is 1. The zero-order chi connectivity index (χ0) is 28.4. The van der Waals surface area contributed by atoms with Crippen molar-refractivity contribution in [2.75, 3.05) is 26.3 Å². The Morgan fingerprint density at radius 1 is 0.975 bits per heavy atom. The summed E-state index contributed by atoms with van der Waals surface area (Å²) in [6.45, 7) is 3.83. The van der Waals surface area contributed by atoms with Crippen LogP contribution < -0.4 is 0 Å². The van der Waals surface area contributed by atoms with E-state index in [1.165, 1.54) is 17.7 Å². The number of halogens is 4. The van der Waals surface area contributed by atoms with Crippen molar-refractivity contribution >= 4 is 23.2 Å². The van der Waals surface area contributed by atoms with Gasteiger partial charge in [0, 0.05) is 19.6 Å². The largest absolute Gasteiger partial charge is 0.478 e. The predicted molar refractivity (Wildman–Crippen MR) is 150 cm³/mol. The number of aromatic carboxylic acids is 1. The number of carboxylic acid groups (broad SMARTS) is 1. The van der Waals surface area contributed by atoms with Crippen molar-refractivity contribution < 1.29 is 27.5 Å². The molecule has 0 unspecified atom stereocenters. The first-order valence-corrected chi connectivity index (χ1v) is 13.5. The summed E-state index contributed by atoms with van der Waals surface area (Å²) < 4.78 is 55.0. The van der Waals surface area contributed by atoms with Crippen LogP contribution in [-0.2, 0) is 12.6 Å². The zero-order valence-electron chi connectivity index (χ0n) is 22.3. The second-order valence-electron chi connectivity index (χ2n) is 10.6. The number of hydrogen-bond acceptors (Lipinski definition) is 2. The molecule has 208 valence electrons. The summed E-state index contributed by atoms with van der Waals surface area (Å²) >= 11 is 0. The molecule has 0 atom stereocenters. The molecule has 5 rings (SSSR count). The second-order valence-corrected chi connectivity index (χ2v) is 10.6. The maximum atomic E-state index is 14.2. The quantitative estimate of drug-likeness (QED) is 0.303. The third-order valence-corrected chi connectivity index (χ3v) is 7.63. The molecule has 0 radical (unpaired) electrons. The van der Waals surface area contributed by atoms with Gasteiger partial charge in [0.1, 0.15) is 0 Å². The van der Waals surface area contributed by atoms with E-state index in [-0.39, 0.29) is 17.8 Å². The minimum atomic E-state index is -4.51. The van der Waals surface area contributed by atoms with Gasteiger partial charge in [-0.15, -0.1) is 0 Å². The fourth-order valence-electron chi connectivity index (χ4n) is 5.72. The molecule has 40 heavy (non-hydrogen) atoms. The van der Waals surface area contributed by atoms with E-state index in [0.29, 0.717) is 36.8 Å². The number of nitrogens with zero attached hydrogens (tertiary/aromatic N) is 1. The highest BCUT2D eigenvalue weighted by Crippen LogP contribution is 2.44. The van der Waals surface area contributed by atoms with Gasteiger partial charge in [0.25, 0.3) is 0 Å². The van der Waals surface area contributed by atoms with E-state index in [1.807, 2.05) is 24.3 Å². The summed E-state index contributed by atoms with van der Waals surface area (Å²) in [5, 5.41) is 9.55. The Balaban J connectivity index is 1.62. The Morgan fingerprint density at radius 2 is 1.73 bits per heavy atom. The van der Waals surface area contributed by atoms with E-state index in [4.69, 9.17) is 0 Å². The van der Waals surface area contributed by atoms with Crippen LogP contribution in [0.1, 0.15) is 68.6 Å². The van der Waals surface area contributed by atoms with E-state index < -0.39 is 17.7 Å². The van der Waals surface area contributed by atoms with Gasteiger partial charge in [-0.2, -0.15) is 13.2 Å². The molecule has 2 aliphatic rings. The molecular formula is C33H31F4NO2. The predicted octanol–water partition coefficient (Wildman–Crippen LogP) is 8.07. The molecule has 1 fully saturated rings. The third kappa shape index (κ3) is 5.89. The Morgan fingerprint density at radius 3 is 2.40 bits per heavy atom. The lowest BCUT2D eigenvalue weighted by Gasteiger charge is -2.33. The van der Waals surface area contributed by atoms with E-state index >= 15 is 0 Å². The minimum Gasteiger partial charge on any atom is -0.478 e. The number of hydrogen-bond donors (Lipinski definition) is 1. The Kier molecular flexibility index (Phi) is 7.95. The van der Waals surface area contributed by atoms with Crippen LogP contribution in [0.15, 0.2) is 66.2 Å². The first-order valence-electron chi connectivity index (χ1n) is 13.5. The highest BCUT2D eigenvalue weighted by atomic mass is 19.4. The molecule has 0 saturated carbocycles. The summed E-state index contributed by atoms with van der Waals surface area (Å²) in [7, 11) is 0. The Hall–Kier alpha value is -3.71. The van der Waals surface area contributed by atoms with Crippen LogP contribution >= 0.6 is 0 Å². The van der Waals surface area contributed by atoms with Crippen LogP contribution in [0.5, 0.6) is 0 Å². The van der Waals surface area contributed by atoms with Gasteiger partial charge in [-0.1, -0.05) is 54.1 Å². The zero-order valence-corrected chi connectivity index (χ0v) is 22.3. The molecule has 1 aliphatic heterocycles. The molecule has 0 spiro atoms. The lowest BCUT2D eigenvalue weighted by atomic mass is 9.85. The van der Waals surface area contributed by atoms with Crippen LogP contribution in [-0.4, -0.2) is 42.3 Å². The molecule has 1 aliphatic carbocycles. The average molecular weight is 550 g/mol. The van der Waals surface area contributed by atoms with Gasteiger partial charge in [0.15, 0.2) is 0 Å². The van der Waals surface area contributed by atoms with Crippen LogP contribution in [0.2, 0.25) is 0 Å². The highest BCUT2D eigenvalue weighted by molar-refractivity contribution is 6.01. The maximum Gasteiger partial charge on any atom is 0.416 e. The van der Waals surface area contributed by atoms with Crippen molar-refractivity contribution in [2.24, 2.45) is 0 Å². The SMILES string of the molecule is Cc1ccc(C(F)(F)F)c(C2=C(c3ccc(C=C4CN(CCCF)C4)cc3)c3ccc(C(=O)O)cc3CCC2)c1. The molecule has 7 heteroatoms. The number of allylic oxidation sites excluding steroid dienone is 1. The number of aryl methyl sites for hydroxylation is 2.